The third kappa shape index (κ3) is 4.04. The molecular formula is C22H22BrN5O4S. The summed E-state index contributed by atoms with van der Waals surface area (Å²) in [6, 6.07) is 8.57. The fraction of sp³-hybridized carbons (Fsp3) is 0.364. The van der Waals surface area contributed by atoms with Gasteiger partial charge in [0.25, 0.3) is 0 Å². The Morgan fingerprint density at radius 3 is 2.55 bits per heavy atom. The average Bonchev–Trinajstić information content (AvgIpc) is 3.44. The quantitative estimate of drug-likeness (QED) is 0.452. The number of aromatic nitrogens is 3. The van der Waals surface area contributed by atoms with Crippen molar-refractivity contribution in [3.05, 3.63) is 40.4 Å². The van der Waals surface area contributed by atoms with Gasteiger partial charge >= 0.3 is 6.03 Å². The molecule has 1 aromatic heterocycles. The van der Waals surface area contributed by atoms with Crippen LogP contribution in [0.4, 0.5) is 4.79 Å². The first kappa shape index (κ1) is 22.0. The second-order valence-electron chi connectivity index (χ2n) is 8.70. The minimum atomic E-state index is -3.59. The van der Waals surface area contributed by atoms with Crippen molar-refractivity contribution in [2.24, 2.45) is 5.92 Å². The molecule has 1 aliphatic carbocycles. The summed E-state index contributed by atoms with van der Waals surface area (Å²) in [5.74, 6) is 0.347. The second-order valence-corrected chi connectivity index (χ2v) is 11.5. The van der Waals surface area contributed by atoms with E-state index in [4.69, 9.17) is 0 Å². The summed E-state index contributed by atoms with van der Waals surface area (Å²) >= 11 is 3.64. The van der Waals surface area contributed by atoms with Crippen molar-refractivity contribution in [3.63, 3.8) is 0 Å². The van der Waals surface area contributed by atoms with Gasteiger partial charge in [-0.3, -0.25) is 9.69 Å². The molecule has 1 saturated carbocycles. The zero-order valence-electron chi connectivity index (χ0n) is 18.2. The Hall–Kier alpha value is -2.79. The summed E-state index contributed by atoms with van der Waals surface area (Å²) in [7, 11) is -2.18. The molecule has 0 atom stereocenters. The molecule has 3 amide bonds. The Morgan fingerprint density at radius 2 is 1.91 bits per heavy atom. The van der Waals surface area contributed by atoms with Crippen molar-refractivity contribution in [2.45, 2.75) is 30.8 Å². The highest BCUT2D eigenvalue weighted by Gasteiger charge is 2.33. The maximum absolute atomic E-state index is 12.6. The van der Waals surface area contributed by atoms with E-state index in [1.807, 2.05) is 22.9 Å². The van der Waals surface area contributed by atoms with E-state index in [2.05, 4.69) is 26.2 Å². The molecule has 0 bridgehead atoms. The van der Waals surface area contributed by atoms with Gasteiger partial charge in [-0.1, -0.05) is 23.4 Å². The number of amides is 3. The summed E-state index contributed by atoms with van der Waals surface area (Å²) in [6.45, 7) is 0.814. The normalized spacial score (nSPS) is 16.9. The maximum Gasteiger partial charge on any atom is 0.327 e. The standard InChI is InChI=1S/C22H22BrN5O4S/c1-26-19(29)12-27(22(26)30)11-15-6-5-14(9-18(15)33(2,31)32)16-7-8-17-21(20(16)23)24-25-28(17)10-13-3-4-13/h5-9,13H,3-4,10-12H2,1-2H3. The van der Waals surface area contributed by atoms with E-state index in [0.717, 1.165) is 38.8 Å². The van der Waals surface area contributed by atoms with E-state index in [0.29, 0.717) is 17.0 Å². The predicted octanol–water partition coefficient (Wildman–Crippen LogP) is 3.07. The zero-order chi connectivity index (χ0) is 23.5. The van der Waals surface area contributed by atoms with Crippen LogP contribution in [0.2, 0.25) is 0 Å². The number of imide groups is 1. The molecule has 11 heteroatoms. The number of hydrogen-bond acceptors (Lipinski definition) is 6. The van der Waals surface area contributed by atoms with Crippen LogP contribution < -0.4 is 0 Å². The summed E-state index contributed by atoms with van der Waals surface area (Å²) in [4.78, 5) is 26.6. The number of likely N-dealkylation sites (N-methyl/N-ethyl adjacent to an activating group) is 1. The molecule has 2 fully saturated rings. The molecule has 33 heavy (non-hydrogen) atoms. The van der Waals surface area contributed by atoms with Gasteiger partial charge in [-0.15, -0.1) is 5.10 Å². The SMILES string of the molecule is CN1C(=O)CN(Cc2ccc(-c3ccc4c(nnn4CC4CC4)c3Br)cc2S(C)(=O)=O)C1=O. The molecule has 0 spiro atoms. The smallest absolute Gasteiger partial charge is 0.311 e. The molecule has 1 saturated heterocycles. The molecule has 9 nitrogen and oxygen atoms in total. The molecule has 2 aromatic carbocycles. The maximum atomic E-state index is 12.6. The van der Waals surface area contributed by atoms with Crippen LogP contribution in [-0.4, -0.2) is 65.0 Å². The summed E-state index contributed by atoms with van der Waals surface area (Å²) in [5, 5.41) is 8.62. The lowest BCUT2D eigenvalue weighted by Gasteiger charge is -2.18. The summed E-state index contributed by atoms with van der Waals surface area (Å²) in [5.41, 5.74) is 3.61. The van der Waals surface area contributed by atoms with Crippen LogP contribution in [0, 0.1) is 5.92 Å². The zero-order valence-corrected chi connectivity index (χ0v) is 20.6. The number of rotatable bonds is 6. The van der Waals surface area contributed by atoms with Crippen LogP contribution in [0.3, 0.4) is 0 Å². The summed E-state index contributed by atoms with van der Waals surface area (Å²) in [6.07, 6.45) is 3.57. The highest BCUT2D eigenvalue weighted by molar-refractivity contribution is 9.10. The van der Waals surface area contributed by atoms with Gasteiger partial charge in [0.05, 0.1) is 14.9 Å². The minimum Gasteiger partial charge on any atom is -0.311 e. The number of urea groups is 1. The third-order valence-electron chi connectivity index (χ3n) is 6.15. The molecule has 0 radical (unpaired) electrons. The second kappa shape index (κ2) is 7.91. The molecule has 5 rings (SSSR count). The first-order chi connectivity index (χ1) is 15.6. The number of nitrogens with zero attached hydrogens (tertiary/aromatic N) is 5. The van der Waals surface area contributed by atoms with Gasteiger partial charge in [0.2, 0.25) is 5.91 Å². The highest BCUT2D eigenvalue weighted by atomic mass is 79.9. The van der Waals surface area contributed by atoms with Crippen molar-refractivity contribution < 1.29 is 18.0 Å². The van der Waals surface area contributed by atoms with Gasteiger partial charge in [-0.25, -0.2) is 17.9 Å². The number of carbonyl (C=O) groups excluding carboxylic acids is 2. The molecular weight excluding hydrogens is 510 g/mol. The number of carbonyl (C=O) groups is 2. The lowest BCUT2D eigenvalue weighted by Crippen LogP contribution is -2.30. The first-order valence-corrected chi connectivity index (χ1v) is 13.2. The Morgan fingerprint density at radius 1 is 1.15 bits per heavy atom. The lowest BCUT2D eigenvalue weighted by atomic mass is 10.0. The van der Waals surface area contributed by atoms with Crippen LogP contribution in [0.1, 0.15) is 18.4 Å². The summed E-state index contributed by atoms with van der Waals surface area (Å²) < 4.78 is 27.9. The molecule has 0 unspecified atom stereocenters. The van der Waals surface area contributed by atoms with Gasteiger partial charge in [0.15, 0.2) is 9.84 Å². The van der Waals surface area contributed by atoms with Gasteiger partial charge in [0, 0.05) is 26.4 Å². The lowest BCUT2D eigenvalue weighted by molar-refractivity contribution is -0.124. The van der Waals surface area contributed by atoms with Gasteiger partial charge in [-0.2, -0.15) is 0 Å². The molecule has 2 aliphatic rings. The topological polar surface area (TPSA) is 105 Å². The molecule has 0 N–H and O–H groups in total. The number of hydrogen-bond donors (Lipinski definition) is 0. The highest BCUT2D eigenvalue weighted by Crippen LogP contribution is 2.37. The van der Waals surface area contributed by atoms with Crippen LogP contribution in [-0.2, 0) is 27.7 Å². The van der Waals surface area contributed by atoms with E-state index in [1.165, 1.54) is 24.8 Å². The van der Waals surface area contributed by atoms with E-state index in [-0.39, 0.29) is 23.9 Å². The van der Waals surface area contributed by atoms with Crippen molar-refractivity contribution in [3.8, 4) is 11.1 Å². The van der Waals surface area contributed by atoms with Crippen LogP contribution in [0.5, 0.6) is 0 Å². The Kier molecular flexibility index (Phi) is 5.28. The van der Waals surface area contributed by atoms with Gasteiger partial charge < -0.3 is 4.90 Å². The molecule has 2 heterocycles. The van der Waals surface area contributed by atoms with Gasteiger partial charge in [-0.05, 0) is 63.5 Å². The fourth-order valence-corrected chi connectivity index (χ4v) is 5.68. The van der Waals surface area contributed by atoms with Gasteiger partial charge in [0.1, 0.15) is 12.1 Å². The molecule has 172 valence electrons. The average molecular weight is 532 g/mol. The van der Waals surface area contributed by atoms with Crippen LogP contribution in [0.25, 0.3) is 22.2 Å². The number of sulfone groups is 1. The molecule has 1 aliphatic heterocycles. The van der Waals surface area contributed by atoms with Crippen LogP contribution >= 0.6 is 15.9 Å². The van der Waals surface area contributed by atoms with E-state index >= 15 is 0 Å². The molecule has 3 aromatic rings. The predicted molar refractivity (Wildman–Crippen MR) is 125 cm³/mol. The minimum absolute atomic E-state index is 0.0350. The van der Waals surface area contributed by atoms with E-state index < -0.39 is 15.9 Å². The van der Waals surface area contributed by atoms with Crippen molar-refractivity contribution in [2.75, 3.05) is 19.8 Å². The van der Waals surface area contributed by atoms with Crippen molar-refractivity contribution in [1.82, 2.24) is 24.8 Å². The monoisotopic (exact) mass is 531 g/mol. The number of fused-ring (bicyclic) bond motifs is 1. The first-order valence-electron chi connectivity index (χ1n) is 10.5. The van der Waals surface area contributed by atoms with Crippen LogP contribution in [0.15, 0.2) is 39.7 Å². The Bertz CT molecular complexity index is 1410. The fourth-order valence-electron chi connectivity index (χ4n) is 4.09. The Balaban J connectivity index is 1.53. The third-order valence-corrected chi connectivity index (χ3v) is 8.13. The number of halogens is 1. The van der Waals surface area contributed by atoms with E-state index in [9.17, 15) is 18.0 Å². The van der Waals surface area contributed by atoms with Crippen molar-refractivity contribution in [1.29, 1.82) is 0 Å². The largest absolute Gasteiger partial charge is 0.327 e. The van der Waals surface area contributed by atoms with Crippen molar-refractivity contribution >= 4 is 48.7 Å². The van der Waals surface area contributed by atoms with E-state index in [1.54, 1.807) is 12.1 Å². The number of benzene rings is 2. The Labute approximate surface area is 199 Å².